The summed E-state index contributed by atoms with van der Waals surface area (Å²) in [6.45, 7) is 3.38. The summed E-state index contributed by atoms with van der Waals surface area (Å²) in [4.78, 5) is 25.9. The number of carboxylic acids is 1. The molecule has 0 atom stereocenters. The average Bonchev–Trinajstić information content (AvgIpc) is 2.87. The van der Waals surface area contributed by atoms with Crippen molar-refractivity contribution >= 4 is 11.9 Å². The fourth-order valence-electron chi connectivity index (χ4n) is 4.30. The highest BCUT2D eigenvalue weighted by molar-refractivity contribution is 5.97. The molecule has 3 rings (SSSR count). The molecule has 0 aromatic carbocycles. The van der Waals surface area contributed by atoms with Crippen molar-refractivity contribution in [3.63, 3.8) is 0 Å². The Morgan fingerprint density at radius 1 is 1.22 bits per heavy atom. The van der Waals surface area contributed by atoms with Crippen LogP contribution in [0.1, 0.15) is 66.6 Å². The third kappa shape index (κ3) is 3.28. The van der Waals surface area contributed by atoms with Crippen LogP contribution < -0.4 is 0 Å². The minimum absolute atomic E-state index is 0.0582. The first-order valence-corrected chi connectivity index (χ1v) is 8.59. The summed E-state index contributed by atoms with van der Waals surface area (Å²) in [6.07, 6.45) is 9.75. The normalized spacial score (nSPS) is 20.7. The number of rotatable bonds is 3. The van der Waals surface area contributed by atoms with Crippen LogP contribution in [0.3, 0.4) is 0 Å². The Morgan fingerprint density at radius 3 is 2.61 bits per heavy atom. The van der Waals surface area contributed by atoms with E-state index in [9.17, 15) is 9.59 Å². The molecule has 23 heavy (non-hydrogen) atoms. The van der Waals surface area contributed by atoms with Crippen molar-refractivity contribution in [3.8, 4) is 0 Å². The summed E-state index contributed by atoms with van der Waals surface area (Å²) in [7, 11) is 0. The van der Waals surface area contributed by atoms with Crippen LogP contribution in [0.2, 0.25) is 0 Å². The second kappa shape index (κ2) is 6.38. The van der Waals surface area contributed by atoms with Gasteiger partial charge in [0.2, 0.25) is 0 Å². The lowest BCUT2D eigenvalue weighted by Crippen LogP contribution is -2.47. The molecule has 5 nitrogen and oxygen atoms in total. The van der Waals surface area contributed by atoms with Crippen molar-refractivity contribution in [1.82, 2.24) is 4.90 Å². The largest absolute Gasteiger partial charge is 0.481 e. The zero-order chi connectivity index (χ0) is 16.4. The number of carbonyl (C=O) groups is 2. The molecule has 0 radical (unpaired) electrons. The zero-order valence-electron chi connectivity index (χ0n) is 13.8. The Balaban J connectivity index is 1.80. The van der Waals surface area contributed by atoms with Gasteiger partial charge in [-0.2, -0.15) is 0 Å². The number of nitrogens with zero attached hydrogens (tertiary/aromatic N) is 1. The summed E-state index contributed by atoms with van der Waals surface area (Å²) in [5.74, 6) is -0.754. The van der Waals surface area contributed by atoms with Crippen molar-refractivity contribution < 1.29 is 19.1 Å². The maximum absolute atomic E-state index is 13.0. The fraction of sp³-hybridized carbons (Fsp3) is 0.667. The van der Waals surface area contributed by atoms with Crippen LogP contribution in [0.25, 0.3) is 0 Å². The molecule has 1 N–H and O–H groups in total. The third-order valence-corrected chi connectivity index (χ3v) is 5.44. The number of carboxylic acid groups (broad SMARTS) is 1. The topological polar surface area (TPSA) is 70.7 Å². The number of aryl methyl sites for hydroxylation is 1. The molecule has 0 bridgehead atoms. The van der Waals surface area contributed by atoms with Crippen LogP contribution in [0.5, 0.6) is 0 Å². The first-order valence-electron chi connectivity index (χ1n) is 8.59. The third-order valence-electron chi connectivity index (χ3n) is 5.44. The number of likely N-dealkylation sites (tertiary alicyclic amines) is 1. The molecular formula is C18H25NO4. The maximum Gasteiger partial charge on any atom is 0.311 e. The fourth-order valence-corrected chi connectivity index (χ4v) is 4.30. The van der Waals surface area contributed by atoms with E-state index in [4.69, 9.17) is 9.52 Å². The second-order valence-corrected chi connectivity index (χ2v) is 7.18. The van der Waals surface area contributed by atoms with E-state index in [1.807, 2.05) is 11.8 Å². The molecule has 2 fully saturated rings. The van der Waals surface area contributed by atoms with Crippen molar-refractivity contribution in [3.05, 3.63) is 23.2 Å². The summed E-state index contributed by atoms with van der Waals surface area (Å²) >= 11 is 0. The van der Waals surface area contributed by atoms with Gasteiger partial charge in [0.05, 0.1) is 11.8 Å². The van der Waals surface area contributed by atoms with E-state index in [0.29, 0.717) is 5.56 Å². The lowest BCUT2D eigenvalue weighted by atomic mass is 9.69. The van der Waals surface area contributed by atoms with Crippen LogP contribution in [0, 0.1) is 12.3 Å². The van der Waals surface area contributed by atoms with E-state index in [2.05, 4.69) is 0 Å². The highest BCUT2D eigenvalue weighted by Gasteiger charge is 2.39. The molecule has 1 aromatic rings. The number of hydrogen-bond acceptors (Lipinski definition) is 3. The number of piperidine rings is 1. The van der Waals surface area contributed by atoms with Crippen LogP contribution in [-0.2, 0) is 11.2 Å². The monoisotopic (exact) mass is 319 g/mol. The number of carbonyl (C=O) groups excluding carboxylic acids is 1. The lowest BCUT2D eigenvalue weighted by Gasteiger charge is -2.45. The van der Waals surface area contributed by atoms with E-state index in [-0.39, 0.29) is 23.5 Å². The Bertz CT molecular complexity index is 593. The molecule has 1 aromatic heterocycles. The van der Waals surface area contributed by atoms with Gasteiger partial charge in [0.25, 0.3) is 5.91 Å². The van der Waals surface area contributed by atoms with Crippen LogP contribution >= 0.6 is 0 Å². The second-order valence-electron chi connectivity index (χ2n) is 7.18. The highest BCUT2D eigenvalue weighted by atomic mass is 16.4. The van der Waals surface area contributed by atoms with Crippen LogP contribution in [0.15, 0.2) is 10.7 Å². The van der Waals surface area contributed by atoms with E-state index in [1.165, 1.54) is 44.8 Å². The van der Waals surface area contributed by atoms with Crippen LogP contribution in [-0.4, -0.2) is 35.0 Å². The van der Waals surface area contributed by atoms with Gasteiger partial charge in [-0.05, 0) is 38.0 Å². The molecule has 1 aliphatic heterocycles. The molecule has 1 amide bonds. The van der Waals surface area contributed by atoms with E-state index >= 15 is 0 Å². The molecule has 126 valence electrons. The number of aliphatic carboxylic acids is 1. The van der Waals surface area contributed by atoms with E-state index in [1.54, 1.807) is 0 Å². The molecule has 0 unspecified atom stereocenters. The van der Waals surface area contributed by atoms with Crippen LogP contribution in [0.4, 0.5) is 0 Å². The molecule has 5 heteroatoms. The molecule has 1 saturated heterocycles. The predicted molar refractivity (Wildman–Crippen MR) is 85.4 cm³/mol. The van der Waals surface area contributed by atoms with Gasteiger partial charge in [-0.1, -0.05) is 19.3 Å². The van der Waals surface area contributed by atoms with Gasteiger partial charge in [-0.3, -0.25) is 9.59 Å². The standard InChI is InChI=1S/C18H25NO4/c1-13-11-23-14(10-15(20)21)16(13)17(22)19-9-5-8-18(12-19)6-3-2-4-7-18/h11H,2-10,12H2,1H3,(H,20,21). The summed E-state index contributed by atoms with van der Waals surface area (Å²) in [6, 6.07) is 0. The van der Waals surface area contributed by atoms with Gasteiger partial charge in [0.15, 0.2) is 0 Å². The number of hydrogen-bond donors (Lipinski definition) is 1. The first-order chi connectivity index (χ1) is 11.0. The lowest BCUT2D eigenvalue weighted by molar-refractivity contribution is -0.136. The smallest absolute Gasteiger partial charge is 0.311 e. The Labute approximate surface area is 136 Å². The van der Waals surface area contributed by atoms with Gasteiger partial charge >= 0.3 is 5.97 Å². The Hall–Kier alpha value is -1.78. The van der Waals surface area contributed by atoms with Crippen molar-refractivity contribution in [2.45, 2.75) is 58.3 Å². The van der Waals surface area contributed by atoms with Crippen molar-refractivity contribution in [2.24, 2.45) is 5.41 Å². The molecule has 1 aliphatic carbocycles. The maximum atomic E-state index is 13.0. The molecule has 1 spiro atoms. The van der Waals surface area contributed by atoms with Gasteiger partial charge in [0.1, 0.15) is 12.2 Å². The molecule has 2 heterocycles. The Morgan fingerprint density at radius 2 is 1.91 bits per heavy atom. The van der Waals surface area contributed by atoms with Crippen molar-refractivity contribution in [1.29, 1.82) is 0 Å². The SMILES string of the molecule is Cc1coc(CC(=O)O)c1C(=O)N1CCCC2(CCCCC2)C1. The summed E-state index contributed by atoms with van der Waals surface area (Å²) < 4.78 is 5.33. The number of furan rings is 1. The van der Waals surface area contributed by atoms with E-state index < -0.39 is 5.97 Å². The number of amides is 1. The summed E-state index contributed by atoms with van der Waals surface area (Å²) in [5.41, 5.74) is 1.48. The quantitative estimate of drug-likeness (QED) is 0.927. The van der Waals surface area contributed by atoms with Gasteiger partial charge in [0, 0.05) is 18.7 Å². The highest BCUT2D eigenvalue weighted by Crippen LogP contribution is 2.43. The Kier molecular flexibility index (Phi) is 4.46. The molecule has 2 aliphatic rings. The molecular weight excluding hydrogens is 294 g/mol. The summed E-state index contributed by atoms with van der Waals surface area (Å²) in [5, 5.41) is 9.01. The molecule has 1 saturated carbocycles. The average molecular weight is 319 g/mol. The first kappa shape index (κ1) is 16.1. The predicted octanol–water partition coefficient (Wildman–Crippen LogP) is 3.40. The van der Waals surface area contributed by atoms with E-state index in [0.717, 1.165) is 25.1 Å². The zero-order valence-corrected chi connectivity index (χ0v) is 13.8. The minimum atomic E-state index is -0.976. The van der Waals surface area contributed by atoms with Gasteiger partial charge in [-0.25, -0.2) is 0 Å². The van der Waals surface area contributed by atoms with Gasteiger partial charge < -0.3 is 14.4 Å². The van der Waals surface area contributed by atoms with Crippen molar-refractivity contribution in [2.75, 3.05) is 13.1 Å². The minimum Gasteiger partial charge on any atom is -0.481 e. The van der Waals surface area contributed by atoms with Gasteiger partial charge in [-0.15, -0.1) is 0 Å².